The van der Waals surface area contributed by atoms with Crippen LogP contribution in [0.1, 0.15) is 10.4 Å². The molecule has 4 rings (SSSR count). The molecule has 0 unspecified atom stereocenters. The molecule has 0 spiro atoms. The van der Waals surface area contributed by atoms with Gasteiger partial charge >= 0.3 is 0 Å². The second-order valence-electron chi connectivity index (χ2n) is 6.33. The van der Waals surface area contributed by atoms with Crippen molar-refractivity contribution in [3.05, 3.63) is 108 Å². The number of nitrogens with zero attached hydrogens (tertiary/aromatic N) is 1. The van der Waals surface area contributed by atoms with E-state index in [9.17, 15) is 4.79 Å². The smallest absolute Gasteiger partial charge is 0.255 e. The number of carbonyl (C=O) groups excluding carboxylic acids is 1. The minimum absolute atomic E-state index is 0.202. The Morgan fingerprint density at radius 1 is 0.786 bits per heavy atom. The second kappa shape index (κ2) is 8.07. The van der Waals surface area contributed by atoms with E-state index in [0.717, 1.165) is 22.3 Å². The summed E-state index contributed by atoms with van der Waals surface area (Å²) in [4.78, 5) is 16.6. The number of halogens is 1. The molecular weight excluding hydrogens is 368 g/mol. The van der Waals surface area contributed by atoms with Crippen LogP contribution in [0.25, 0.3) is 22.3 Å². The van der Waals surface area contributed by atoms with Gasteiger partial charge in [-0.05, 0) is 47.0 Å². The molecule has 136 valence electrons. The number of benzene rings is 3. The second-order valence-corrected chi connectivity index (χ2v) is 6.74. The average Bonchev–Trinajstić information content (AvgIpc) is 2.75. The van der Waals surface area contributed by atoms with Crippen LogP contribution in [0.2, 0.25) is 5.02 Å². The highest BCUT2D eigenvalue weighted by Gasteiger charge is 2.11. The van der Waals surface area contributed by atoms with Gasteiger partial charge < -0.3 is 5.32 Å². The fourth-order valence-electron chi connectivity index (χ4n) is 3.00. The molecule has 3 aromatic carbocycles. The predicted molar refractivity (Wildman–Crippen MR) is 115 cm³/mol. The molecule has 0 aliphatic carbocycles. The van der Waals surface area contributed by atoms with Gasteiger partial charge in [-0.1, -0.05) is 66.2 Å². The normalized spacial score (nSPS) is 10.5. The number of carbonyl (C=O) groups is 1. The van der Waals surface area contributed by atoms with Crippen LogP contribution < -0.4 is 5.32 Å². The van der Waals surface area contributed by atoms with E-state index in [1.54, 1.807) is 36.7 Å². The molecule has 1 N–H and O–H groups in total. The molecule has 0 aliphatic rings. The fourth-order valence-corrected chi connectivity index (χ4v) is 3.23. The Balaban J connectivity index is 1.61. The van der Waals surface area contributed by atoms with Crippen molar-refractivity contribution >= 4 is 23.2 Å². The topological polar surface area (TPSA) is 42.0 Å². The first-order chi connectivity index (χ1) is 13.7. The Kier molecular flexibility index (Phi) is 5.18. The van der Waals surface area contributed by atoms with Crippen molar-refractivity contribution in [3.63, 3.8) is 0 Å². The van der Waals surface area contributed by atoms with Crippen LogP contribution in [-0.4, -0.2) is 10.9 Å². The lowest BCUT2D eigenvalue weighted by Crippen LogP contribution is -2.12. The Morgan fingerprint density at radius 2 is 1.50 bits per heavy atom. The van der Waals surface area contributed by atoms with Gasteiger partial charge in [0, 0.05) is 22.3 Å². The molecule has 1 amide bonds. The number of pyridine rings is 1. The zero-order valence-corrected chi connectivity index (χ0v) is 15.7. The SMILES string of the molecule is O=C(Nc1cccnc1)c1ccc(Cl)c(-c2ccc(-c3ccccc3)cc2)c1. The highest BCUT2D eigenvalue weighted by atomic mass is 35.5. The zero-order valence-electron chi connectivity index (χ0n) is 15.0. The number of hydrogen-bond acceptors (Lipinski definition) is 2. The summed E-state index contributed by atoms with van der Waals surface area (Å²) in [5.74, 6) is -0.202. The lowest BCUT2D eigenvalue weighted by atomic mass is 9.99. The van der Waals surface area contributed by atoms with E-state index in [2.05, 4.69) is 34.6 Å². The first-order valence-electron chi connectivity index (χ1n) is 8.87. The first-order valence-corrected chi connectivity index (χ1v) is 9.25. The van der Waals surface area contributed by atoms with Gasteiger partial charge in [-0.15, -0.1) is 0 Å². The Bertz CT molecular complexity index is 1090. The highest BCUT2D eigenvalue weighted by molar-refractivity contribution is 6.33. The third-order valence-electron chi connectivity index (χ3n) is 4.45. The number of rotatable bonds is 4. The maximum absolute atomic E-state index is 12.6. The quantitative estimate of drug-likeness (QED) is 0.447. The van der Waals surface area contributed by atoms with Crippen LogP contribution in [0, 0.1) is 0 Å². The van der Waals surface area contributed by atoms with Gasteiger partial charge in [0.15, 0.2) is 0 Å². The monoisotopic (exact) mass is 384 g/mol. The van der Waals surface area contributed by atoms with Gasteiger partial charge in [0.1, 0.15) is 0 Å². The Hall–Kier alpha value is -3.43. The molecule has 1 heterocycles. The molecule has 0 fully saturated rings. The molecule has 0 radical (unpaired) electrons. The van der Waals surface area contributed by atoms with Crippen molar-refractivity contribution in [3.8, 4) is 22.3 Å². The summed E-state index contributed by atoms with van der Waals surface area (Å²) < 4.78 is 0. The molecule has 0 saturated carbocycles. The van der Waals surface area contributed by atoms with Gasteiger partial charge in [0.2, 0.25) is 0 Å². The first kappa shape index (κ1) is 18.0. The predicted octanol–water partition coefficient (Wildman–Crippen LogP) is 6.32. The van der Waals surface area contributed by atoms with Gasteiger partial charge in [0.05, 0.1) is 11.9 Å². The summed E-state index contributed by atoms with van der Waals surface area (Å²) in [6.07, 6.45) is 3.27. The van der Waals surface area contributed by atoms with E-state index < -0.39 is 0 Å². The van der Waals surface area contributed by atoms with Crippen molar-refractivity contribution in [2.24, 2.45) is 0 Å². The summed E-state index contributed by atoms with van der Waals surface area (Å²) in [6.45, 7) is 0. The van der Waals surface area contributed by atoms with Crippen molar-refractivity contribution in [1.82, 2.24) is 4.98 Å². The number of hydrogen-bond donors (Lipinski definition) is 1. The number of aromatic nitrogens is 1. The molecule has 28 heavy (non-hydrogen) atoms. The maximum atomic E-state index is 12.6. The number of anilines is 1. The number of amides is 1. The third-order valence-corrected chi connectivity index (χ3v) is 4.78. The molecule has 4 aromatic rings. The van der Waals surface area contributed by atoms with Gasteiger partial charge in [-0.2, -0.15) is 0 Å². The molecule has 0 bridgehead atoms. The molecule has 0 atom stereocenters. The van der Waals surface area contributed by atoms with Crippen LogP contribution in [0.15, 0.2) is 97.3 Å². The molecule has 1 aromatic heterocycles. The van der Waals surface area contributed by atoms with Crippen molar-refractivity contribution < 1.29 is 4.79 Å². The highest BCUT2D eigenvalue weighted by Crippen LogP contribution is 2.31. The summed E-state index contributed by atoms with van der Waals surface area (Å²) in [7, 11) is 0. The lowest BCUT2D eigenvalue weighted by Gasteiger charge is -2.10. The van der Waals surface area contributed by atoms with Crippen LogP contribution in [0.3, 0.4) is 0 Å². The summed E-state index contributed by atoms with van der Waals surface area (Å²) in [5, 5.41) is 3.44. The Morgan fingerprint density at radius 3 is 2.21 bits per heavy atom. The van der Waals surface area contributed by atoms with Crippen LogP contribution in [0.5, 0.6) is 0 Å². The van der Waals surface area contributed by atoms with Crippen molar-refractivity contribution in [2.75, 3.05) is 5.32 Å². The molecule has 4 heteroatoms. The Labute approximate surface area is 168 Å². The minimum atomic E-state index is -0.202. The van der Waals surface area contributed by atoms with E-state index in [1.165, 1.54) is 0 Å². The maximum Gasteiger partial charge on any atom is 0.255 e. The average molecular weight is 385 g/mol. The van der Waals surface area contributed by atoms with E-state index in [0.29, 0.717) is 16.3 Å². The van der Waals surface area contributed by atoms with Crippen molar-refractivity contribution in [2.45, 2.75) is 0 Å². The zero-order chi connectivity index (χ0) is 19.3. The molecule has 3 nitrogen and oxygen atoms in total. The summed E-state index contributed by atoms with van der Waals surface area (Å²) in [5.41, 5.74) is 5.25. The largest absolute Gasteiger partial charge is 0.321 e. The van der Waals surface area contributed by atoms with E-state index in [1.807, 2.05) is 36.4 Å². The van der Waals surface area contributed by atoms with E-state index >= 15 is 0 Å². The molecule has 0 aliphatic heterocycles. The third kappa shape index (κ3) is 3.95. The summed E-state index contributed by atoms with van der Waals surface area (Å²) >= 11 is 6.41. The number of nitrogens with one attached hydrogen (secondary N) is 1. The fraction of sp³-hybridized carbons (Fsp3) is 0. The molecule has 0 saturated heterocycles. The summed E-state index contributed by atoms with van der Waals surface area (Å²) in [6, 6.07) is 27.2. The standard InChI is InChI=1S/C24H17ClN2O/c25-23-13-12-20(24(28)27-21-7-4-14-26-16-21)15-22(23)19-10-8-18(9-11-19)17-5-2-1-3-6-17/h1-16H,(H,27,28). The van der Waals surface area contributed by atoms with E-state index in [-0.39, 0.29) is 5.91 Å². The molecular formula is C24H17ClN2O. The minimum Gasteiger partial charge on any atom is -0.321 e. The van der Waals surface area contributed by atoms with Gasteiger partial charge in [0.25, 0.3) is 5.91 Å². The van der Waals surface area contributed by atoms with Crippen LogP contribution in [0.4, 0.5) is 5.69 Å². The van der Waals surface area contributed by atoms with Crippen LogP contribution >= 0.6 is 11.6 Å². The van der Waals surface area contributed by atoms with E-state index in [4.69, 9.17) is 11.6 Å². The van der Waals surface area contributed by atoms with Gasteiger partial charge in [-0.3, -0.25) is 9.78 Å². The lowest BCUT2D eigenvalue weighted by molar-refractivity contribution is 0.102. The van der Waals surface area contributed by atoms with Gasteiger partial charge in [-0.25, -0.2) is 0 Å². The van der Waals surface area contributed by atoms with Crippen LogP contribution in [-0.2, 0) is 0 Å². The van der Waals surface area contributed by atoms with Crippen molar-refractivity contribution in [1.29, 1.82) is 0 Å².